The molecule has 0 amide bonds. The van der Waals surface area contributed by atoms with E-state index < -0.39 is 0 Å². The Morgan fingerprint density at radius 1 is 0.941 bits per heavy atom. The highest BCUT2D eigenvalue weighted by molar-refractivity contribution is 6.08. The Hall–Kier alpha value is -2.04. The molecular formula is C12H12N2O3. The second-order valence-corrected chi connectivity index (χ2v) is 3.80. The monoisotopic (exact) mass is 232 g/mol. The predicted octanol–water partition coefficient (Wildman–Crippen LogP) is 0.946. The van der Waals surface area contributed by atoms with Gasteiger partial charge in [-0.2, -0.15) is 0 Å². The molecule has 0 bridgehead atoms. The van der Waals surface area contributed by atoms with E-state index in [1.54, 1.807) is 18.2 Å². The summed E-state index contributed by atoms with van der Waals surface area (Å²) in [5.74, 6) is 1.33. The van der Waals surface area contributed by atoms with E-state index in [9.17, 15) is 5.11 Å². The fraction of sp³-hybridized carbons (Fsp3) is 0.333. The summed E-state index contributed by atoms with van der Waals surface area (Å²) in [6.45, 7) is 2.50. The summed E-state index contributed by atoms with van der Waals surface area (Å²) in [4.78, 5) is 8.52. The lowest BCUT2D eigenvalue weighted by Crippen LogP contribution is -2.11. The van der Waals surface area contributed by atoms with Gasteiger partial charge in [0, 0.05) is 5.56 Å². The molecule has 0 saturated carbocycles. The average molecular weight is 232 g/mol. The molecule has 0 atom stereocenters. The summed E-state index contributed by atoms with van der Waals surface area (Å²) in [6, 6.07) is 5.02. The van der Waals surface area contributed by atoms with Crippen LogP contribution in [0.3, 0.4) is 0 Å². The van der Waals surface area contributed by atoms with E-state index in [2.05, 4.69) is 9.98 Å². The Morgan fingerprint density at radius 2 is 1.59 bits per heavy atom. The number of phenols is 1. The molecule has 1 aromatic carbocycles. The number of phenolic OH excluding ortho intramolecular Hbond substituents is 1. The molecule has 0 spiro atoms. The van der Waals surface area contributed by atoms with Crippen molar-refractivity contribution in [1.29, 1.82) is 0 Å². The minimum absolute atomic E-state index is 0.181. The first kappa shape index (κ1) is 10.1. The van der Waals surface area contributed by atoms with Gasteiger partial charge in [0.15, 0.2) is 0 Å². The molecule has 0 saturated heterocycles. The van der Waals surface area contributed by atoms with Crippen molar-refractivity contribution < 1.29 is 14.6 Å². The van der Waals surface area contributed by atoms with E-state index in [0.717, 1.165) is 11.1 Å². The number of nitrogens with zero attached hydrogens (tertiary/aromatic N) is 2. The van der Waals surface area contributed by atoms with Gasteiger partial charge in [-0.15, -0.1) is 0 Å². The maximum atomic E-state index is 9.55. The number of hydrogen-bond acceptors (Lipinski definition) is 5. The largest absolute Gasteiger partial charge is 0.508 e. The highest BCUT2D eigenvalue weighted by atomic mass is 16.5. The molecular weight excluding hydrogens is 220 g/mol. The molecule has 1 N–H and O–H groups in total. The van der Waals surface area contributed by atoms with E-state index in [1.807, 2.05) is 0 Å². The molecule has 0 aliphatic carbocycles. The zero-order valence-electron chi connectivity index (χ0n) is 9.22. The van der Waals surface area contributed by atoms with E-state index in [0.29, 0.717) is 38.1 Å². The maximum absolute atomic E-state index is 9.55. The molecule has 2 aliphatic rings. The summed E-state index contributed by atoms with van der Waals surface area (Å²) >= 11 is 0. The Kier molecular flexibility index (Phi) is 2.44. The Bertz CT molecular complexity index is 508. The molecule has 2 aliphatic heterocycles. The zero-order chi connectivity index (χ0) is 11.7. The summed E-state index contributed by atoms with van der Waals surface area (Å²) < 4.78 is 10.9. The van der Waals surface area contributed by atoms with Crippen LogP contribution in [0, 0.1) is 0 Å². The van der Waals surface area contributed by atoms with Crippen LogP contribution in [-0.2, 0) is 9.47 Å². The number of rotatable bonds is 2. The smallest absolute Gasteiger partial charge is 0.217 e. The van der Waals surface area contributed by atoms with Crippen LogP contribution in [0.15, 0.2) is 28.2 Å². The summed E-state index contributed by atoms with van der Waals surface area (Å²) in [5.41, 5.74) is 1.56. The van der Waals surface area contributed by atoms with Crippen LogP contribution < -0.4 is 0 Å². The standard InChI is InChI=1S/C12H12N2O3/c15-8-1-2-9(11-13-3-5-16-11)10(7-8)12-14-4-6-17-12/h1-2,7,15H,3-6H2. The SMILES string of the molecule is Oc1ccc(C2=NCCO2)c(C2=NCCO2)c1. The predicted molar refractivity (Wildman–Crippen MR) is 62.8 cm³/mol. The van der Waals surface area contributed by atoms with Crippen molar-refractivity contribution in [3.8, 4) is 5.75 Å². The van der Waals surface area contributed by atoms with Crippen molar-refractivity contribution in [2.45, 2.75) is 0 Å². The molecule has 1 aromatic rings. The molecule has 5 nitrogen and oxygen atoms in total. The summed E-state index contributed by atoms with van der Waals surface area (Å²) in [5, 5.41) is 9.55. The van der Waals surface area contributed by atoms with Gasteiger partial charge in [-0.25, -0.2) is 9.98 Å². The average Bonchev–Trinajstić information content (AvgIpc) is 3.02. The van der Waals surface area contributed by atoms with Crippen LogP contribution in [0.25, 0.3) is 0 Å². The molecule has 17 heavy (non-hydrogen) atoms. The fourth-order valence-corrected chi connectivity index (χ4v) is 1.89. The first-order chi connectivity index (χ1) is 8.34. The molecule has 3 rings (SSSR count). The van der Waals surface area contributed by atoms with Crippen molar-refractivity contribution in [1.82, 2.24) is 0 Å². The van der Waals surface area contributed by atoms with Gasteiger partial charge in [-0.1, -0.05) is 0 Å². The highest BCUT2D eigenvalue weighted by Gasteiger charge is 2.21. The van der Waals surface area contributed by atoms with E-state index in [-0.39, 0.29) is 5.75 Å². The van der Waals surface area contributed by atoms with Crippen LogP contribution in [0.4, 0.5) is 0 Å². The molecule has 0 unspecified atom stereocenters. The normalized spacial score (nSPS) is 18.4. The summed E-state index contributed by atoms with van der Waals surface area (Å²) in [6.07, 6.45) is 0. The van der Waals surface area contributed by atoms with Crippen LogP contribution in [0.1, 0.15) is 11.1 Å². The Morgan fingerprint density at radius 3 is 2.18 bits per heavy atom. The molecule has 0 fully saturated rings. The topological polar surface area (TPSA) is 63.4 Å². The van der Waals surface area contributed by atoms with Crippen LogP contribution in [0.2, 0.25) is 0 Å². The second-order valence-electron chi connectivity index (χ2n) is 3.80. The van der Waals surface area contributed by atoms with Crippen molar-refractivity contribution >= 4 is 11.8 Å². The number of aliphatic imine (C=N–C) groups is 2. The van der Waals surface area contributed by atoms with Gasteiger partial charge in [0.2, 0.25) is 11.8 Å². The second kappa shape index (κ2) is 4.08. The van der Waals surface area contributed by atoms with Crippen LogP contribution >= 0.6 is 0 Å². The van der Waals surface area contributed by atoms with Gasteiger partial charge in [0.1, 0.15) is 19.0 Å². The van der Waals surface area contributed by atoms with Gasteiger partial charge in [0.05, 0.1) is 18.7 Å². The molecule has 0 aromatic heterocycles. The number of ether oxygens (including phenoxy) is 2. The molecule has 5 heteroatoms. The third-order valence-corrected chi connectivity index (χ3v) is 2.63. The molecule has 2 heterocycles. The minimum Gasteiger partial charge on any atom is -0.508 e. The van der Waals surface area contributed by atoms with Crippen molar-refractivity contribution in [3.05, 3.63) is 29.3 Å². The van der Waals surface area contributed by atoms with Crippen molar-refractivity contribution in [2.24, 2.45) is 9.98 Å². The van der Waals surface area contributed by atoms with E-state index in [1.165, 1.54) is 0 Å². The number of aromatic hydroxyl groups is 1. The first-order valence-electron chi connectivity index (χ1n) is 5.53. The zero-order valence-corrected chi connectivity index (χ0v) is 9.22. The van der Waals surface area contributed by atoms with E-state index >= 15 is 0 Å². The lowest BCUT2D eigenvalue weighted by molar-refractivity contribution is 0.344. The highest BCUT2D eigenvalue weighted by Crippen LogP contribution is 2.22. The molecule has 88 valence electrons. The van der Waals surface area contributed by atoms with Crippen molar-refractivity contribution in [2.75, 3.05) is 26.3 Å². The lowest BCUT2D eigenvalue weighted by Gasteiger charge is -2.09. The van der Waals surface area contributed by atoms with Gasteiger partial charge < -0.3 is 14.6 Å². The summed E-state index contributed by atoms with van der Waals surface area (Å²) in [7, 11) is 0. The number of benzene rings is 1. The van der Waals surface area contributed by atoms with Crippen molar-refractivity contribution in [3.63, 3.8) is 0 Å². The minimum atomic E-state index is 0.181. The van der Waals surface area contributed by atoms with Gasteiger partial charge in [-0.3, -0.25) is 0 Å². The van der Waals surface area contributed by atoms with Crippen LogP contribution in [-0.4, -0.2) is 43.2 Å². The number of hydrogen-bond donors (Lipinski definition) is 1. The lowest BCUT2D eigenvalue weighted by atomic mass is 10.1. The maximum Gasteiger partial charge on any atom is 0.217 e. The Labute approximate surface area is 98.4 Å². The van der Waals surface area contributed by atoms with E-state index in [4.69, 9.17) is 9.47 Å². The molecule has 0 radical (unpaired) electrons. The third-order valence-electron chi connectivity index (χ3n) is 2.63. The van der Waals surface area contributed by atoms with Crippen LogP contribution in [0.5, 0.6) is 5.75 Å². The fourth-order valence-electron chi connectivity index (χ4n) is 1.89. The van der Waals surface area contributed by atoms with Gasteiger partial charge in [0.25, 0.3) is 0 Å². The first-order valence-corrected chi connectivity index (χ1v) is 5.53. The van der Waals surface area contributed by atoms with Gasteiger partial charge in [-0.05, 0) is 18.2 Å². The van der Waals surface area contributed by atoms with Gasteiger partial charge >= 0.3 is 0 Å². The quantitative estimate of drug-likeness (QED) is 0.825. The Balaban J connectivity index is 2.07. The third kappa shape index (κ3) is 1.84.